The number of benzene rings is 2. The van der Waals surface area contributed by atoms with Gasteiger partial charge in [0.15, 0.2) is 5.82 Å². The number of hydrogen-bond acceptors (Lipinski definition) is 5. The SMILES string of the molecule is Nn1c(SCc2ccc(OC(F)F)cc2)nnc1-c1ccccc1Br. The first kappa shape index (κ1) is 17.7. The van der Waals surface area contributed by atoms with E-state index >= 15 is 0 Å². The van der Waals surface area contributed by atoms with E-state index < -0.39 is 6.61 Å². The Balaban J connectivity index is 1.69. The van der Waals surface area contributed by atoms with Crippen LogP contribution in [-0.2, 0) is 5.75 Å². The van der Waals surface area contributed by atoms with Crippen molar-refractivity contribution in [1.29, 1.82) is 0 Å². The lowest BCUT2D eigenvalue weighted by Gasteiger charge is -2.06. The zero-order valence-electron chi connectivity index (χ0n) is 12.8. The van der Waals surface area contributed by atoms with Crippen molar-refractivity contribution in [3.8, 4) is 17.1 Å². The molecule has 3 aromatic rings. The Morgan fingerprint density at radius 2 is 1.84 bits per heavy atom. The molecule has 0 spiro atoms. The van der Waals surface area contributed by atoms with Crippen molar-refractivity contribution in [2.75, 3.05) is 5.84 Å². The van der Waals surface area contributed by atoms with Crippen LogP contribution in [0, 0.1) is 0 Å². The largest absolute Gasteiger partial charge is 0.435 e. The molecule has 0 aliphatic rings. The normalized spacial score (nSPS) is 11.0. The van der Waals surface area contributed by atoms with Crippen molar-refractivity contribution >= 4 is 27.7 Å². The number of aromatic nitrogens is 3. The summed E-state index contributed by atoms with van der Waals surface area (Å²) >= 11 is 4.87. The lowest BCUT2D eigenvalue weighted by atomic mass is 10.2. The van der Waals surface area contributed by atoms with Gasteiger partial charge in [0.2, 0.25) is 5.16 Å². The van der Waals surface area contributed by atoms with Crippen LogP contribution in [0.25, 0.3) is 11.4 Å². The summed E-state index contributed by atoms with van der Waals surface area (Å²) in [6.07, 6.45) is 0. The number of thioether (sulfide) groups is 1. The Labute approximate surface area is 155 Å². The maximum Gasteiger partial charge on any atom is 0.387 e. The highest BCUT2D eigenvalue weighted by Crippen LogP contribution is 2.29. The molecule has 0 aliphatic carbocycles. The third-order valence-electron chi connectivity index (χ3n) is 3.30. The molecule has 0 fully saturated rings. The fourth-order valence-electron chi connectivity index (χ4n) is 2.12. The Hall–Kier alpha value is -2.13. The van der Waals surface area contributed by atoms with Crippen molar-refractivity contribution in [3.63, 3.8) is 0 Å². The number of halogens is 3. The van der Waals surface area contributed by atoms with E-state index in [1.165, 1.54) is 28.6 Å². The molecule has 0 bridgehead atoms. The summed E-state index contributed by atoms with van der Waals surface area (Å²) in [6, 6.07) is 14.0. The molecule has 0 saturated carbocycles. The Bertz CT molecular complexity index is 858. The monoisotopic (exact) mass is 426 g/mol. The average Bonchev–Trinajstić information content (AvgIpc) is 2.95. The van der Waals surface area contributed by atoms with Crippen LogP contribution < -0.4 is 10.6 Å². The molecule has 2 N–H and O–H groups in total. The zero-order valence-corrected chi connectivity index (χ0v) is 15.2. The second-order valence-electron chi connectivity index (χ2n) is 4.97. The molecule has 1 heterocycles. The standard InChI is InChI=1S/C16H13BrF2N4OS/c17-13-4-2-1-3-12(13)14-21-22-16(23(14)20)25-9-10-5-7-11(8-6-10)24-15(18)19/h1-8,15H,9,20H2. The number of alkyl halides is 2. The van der Waals surface area contributed by atoms with E-state index in [2.05, 4.69) is 30.9 Å². The van der Waals surface area contributed by atoms with Crippen molar-refractivity contribution in [2.45, 2.75) is 17.5 Å². The quantitative estimate of drug-likeness (QED) is 0.469. The number of hydrogen-bond donors (Lipinski definition) is 1. The molecule has 25 heavy (non-hydrogen) atoms. The van der Waals surface area contributed by atoms with Gasteiger partial charge in [0.05, 0.1) is 0 Å². The molecule has 0 saturated heterocycles. The van der Waals surface area contributed by atoms with Crippen LogP contribution in [-0.4, -0.2) is 21.5 Å². The van der Waals surface area contributed by atoms with Crippen LogP contribution in [0.3, 0.4) is 0 Å². The van der Waals surface area contributed by atoms with Crippen LogP contribution in [0.4, 0.5) is 8.78 Å². The summed E-state index contributed by atoms with van der Waals surface area (Å²) in [5.41, 5.74) is 1.77. The van der Waals surface area contributed by atoms with E-state index in [9.17, 15) is 8.78 Å². The van der Waals surface area contributed by atoms with Gasteiger partial charge < -0.3 is 10.6 Å². The highest BCUT2D eigenvalue weighted by molar-refractivity contribution is 9.10. The Morgan fingerprint density at radius 1 is 1.12 bits per heavy atom. The van der Waals surface area contributed by atoms with E-state index in [1.807, 2.05) is 24.3 Å². The van der Waals surface area contributed by atoms with Gasteiger partial charge in [-0.3, -0.25) is 0 Å². The molecule has 0 unspecified atom stereocenters. The molecular weight excluding hydrogens is 414 g/mol. The van der Waals surface area contributed by atoms with Gasteiger partial charge in [0.1, 0.15) is 5.75 Å². The Kier molecular flexibility index (Phi) is 5.54. The second kappa shape index (κ2) is 7.83. The van der Waals surface area contributed by atoms with Gasteiger partial charge >= 0.3 is 6.61 Å². The van der Waals surface area contributed by atoms with Gasteiger partial charge in [-0.2, -0.15) is 8.78 Å². The van der Waals surface area contributed by atoms with E-state index in [4.69, 9.17) is 5.84 Å². The molecule has 0 aliphatic heterocycles. The maximum absolute atomic E-state index is 12.1. The van der Waals surface area contributed by atoms with Crippen molar-refractivity contribution < 1.29 is 13.5 Å². The minimum Gasteiger partial charge on any atom is -0.435 e. The minimum absolute atomic E-state index is 0.127. The molecule has 130 valence electrons. The van der Waals surface area contributed by atoms with Gasteiger partial charge in [0.25, 0.3) is 0 Å². The molecule has 2 aromatic carbocycles. The molecule has 0 radical (unpaired) electrons. The first-order valence-corrected chi connectivity index (χ1v) is 8.94. The van der Waals surface area contributed by atoms with Gasteiger partial charge in [0, 0.05) is 15.8 Å². The van der Waals surface area contributed by atoms with Crippen molar-refractivity contribution in [2.24, 2.45) is 0 Å². The lowest BCUT2D eigenvalue weighted by Crippen LogP contribution is -2.11. The van der Waals surface area contributed by atoms with Crippen molar-refractivity contribution in [3.05, 3.63) is 58.6 Å². The van der Waals surface area contributed by atoms with E-state index in [0.29, 0.717) is 16.7 Å². The fourth-order valence-corrected chi connectivity index (χ4v) is 3.39. The van der Waals surface area contributed by atoms with Crippen molar-refractivity contribution in [1.82, 2.24) is 14.9 Å². The highest BCUT2D eigenvalue weighted by atomic mass is 79.9. The average molecular weight is 427 g/mol. The van der Waals surface area contributed by atoms with E-state index in [0.717, 1.165) is 15.6 Å². The predicted molar refractivity (Wildman–Crippen MR) is 95.9 cm³/mol. The van der Waals surface area contributed by atoms with Gasteiger partial charge in [-0.05, 0) is 29.8 Å². The third-order valence-corrected chi connectivity index (χ3v) is 5.00. The van der Waals surface area contributed by atoms with Crippen LogP contribution in [0.5, 0.6) is 5.75 Å². The number of nitrogen functional groups attached to an aromatic ring is 1. The summed E-state index contributed by atoms with van der Waals surface area (Å²) in [7, 11) is 0. The Morgan fingerprint density at radius 3 is 2.52 bits per heavy atom. The molecule has 0 atom stereocenters. The summed E-state index contributed by atoms with van der Waals surface area (Å²) in [5, 5.41) is 8.81. The molecule has 1 aromatic heterocycles. The van der Waals surface area contributed by atoms with Gasteiger partial charge in [-0.15, -0.1) is 10.2 Å². The fraction of sp³-hybridized carbons (Fsp3) is 0.125. The number of nitrogens with two attached hydrogens (primary N) is 1. The minimum atomic E-state index is -2.83. The van der Waals surface area contributed by atoms with Crippen LogP contribution in [0.1, 0.15) is 5.56 Å². The second-order valence-corrected chi connectivity index (χ2v) is 6.76. The van der Waals surface area contributed by atoms with Crippen LogP contribution in [0.15, 0.2) is 58.2 Å². The predicted octanol–water partition coefficient (Wildman–Crippen LogP) is 4.32. The molecule has 9 heteroatoms. The third kappa shape index (κ3) is 4.29. The highest BCUT2D eigenvalue weighted by Gasteiger charge is 2.14. The van der Waals surface area contributed by atoms with Crippen LogP contribution >= 0.6 is 27.7 Å². The van der Waals surface area contributed by atoms with E-state index in [-0.39, 0.29) is 5.75 Å². The lowest BCUT2D eigenvalue weighted by molar-refractivity contribution is -0.0498. The number of ether oxygens (including phenoxy) is 1. The van der Waals surface area contributed by atoms with Gasteiger partial charge in [-0.1, -0.05) is 52.0 Å². The van der Waals surface area contributed by atoms with Crippen LogP contribution in [0.2, 0.25) is 0 Å². The van der Waals surface area contributed by atoms with Gasteiger partial charge in [-0.25, -0.2) is 4.68 Å². The topological polar surface area (TPSA) is 66.0 Å². The molecule has 5 nitrogen and oxygen atoms in total. The first-order chi connectivity index (χ1) is 12.0. The van der Waals surface area contributed by atoms with E-state index in [1.54, 1.807) is 12.1 Å². The zero-order chi connectivity index (χ0) is 17.8. The number of nitrogens with zero attached hydrogens (tertiary/aromatic N) is 3. The molecular formula is C16H13BrF2N4OS. The maximum atomic E-state index is 12.1. The summed E-state index contributed by atoms with van der Waals surface area (Å²) in [6.45, 7) is -2.83. The first-order valence-electron chi connectivity index (χ1n) is 7.16. The smallest absolute Gasteiger partial charge is 0.387 e. The number of rotatable bonds is 6. The summed E-state index contributed by atoms with van der Waals surface area (Å²) in [5.74, 6) is 7.34. The summed E-state index contributed by atoms with van der Waals surface area (Å²) in [4.78, 5) is 0. The molecule has 0 amide bonds. The summed E-state index contributed by atoms with van der Waals surface area (Å²) < 4.78 is 30.9. The molecule has 3 rings (SSSR count).